The van der Waals surface area contributed by atoms with Crippen LogP contribution in [0.25, 0.3) is 6.08 Å². The van der Waals surface area contributed by atoms with E-state index in [1.54, 1.807) is 0 Å². The van der Waals surface area contributed by atoms with Crippen LogP contribution in [-0.2, 0) is 30.3 Å². The summed E-state index contributed by atoms with van der Waals surface area (Å²) in [7, 11) is 0. The molecular weight excluding hydrogens is 516 g/mol. The third kappa shape index (κ3) is 8.09. The number of aryl methyl sites for hydroxylation is 1. The fourth-order valence-corrected chi connectivity index (χ4v) is 2.87. The Labute approximate surface area is 197 Å². The van der Waals surface area contributed by atoms with E-state index < -0.39 is 72.4 Å². The molecule has 0 aliphatic carbocycles. The molecule has 0 fully saturated rings. The minimum atomic E-state index is -5.14. The van der Waals surface area contributed by atoms with E-state index in [4.69, 9.17) is 4.74 Å². The molecule has 1 heterocycles. The van der Waals surface area contributed by atoms with Crippen molar-refractivity contribution >= 4 is 18.2 Å². The molecule has 1 aromatic rings. The first-order valence-corrected chi connectivity index (χ1v) is 9.80. The van der Waals surface area contributed by atoms with E-state index in [0.29, 0.717) is 6.08 Å². The van der Waals surface area contributed by atoms with Crippen molar-refractivity contribution in [2.24, 2.45) is 0 Å². The summed E-state index contributed by atoms with van der Waals surface area (Å²) in [6, 6.07) is 1.58. The zero-order valence-corrected chi connectivity index (χ0v) is 18.3. The van der Waals surface area contributed by atoms with Crippen molar-refractivity contribution in [1.82, 2.24) is 0 Å². The quantitative estimate of drug-likeness (QED) is 0.114. The van der Waals surface area contributed by atoms with Gasteiger partial charge in [0.15, 0.2) is 0 Å². The Hall–Kier alpha value is -3.92. The maximum Gasteiger partial charge on any atom is 0.573 e. The van der Waals surface area contributed by atoms with Crippen LogP contribution in [0.4, 0.5) is 31.1 Å². The highest BCUT2D eigenvalue weighted by atomic mass is 19.4. The Morgan fingerprint density at radius 1 is 1.14 bits per heavy atom. The first-order chi connectivity index (χ1) is 16.6. The molecule has 1 unspecified atom stereocenters. The molecule has 17 heteroatoms. The van der Waals surface area contributed by atoms with Gasteiger partial charge in [0.05, 0.1) is 5.57 Å². The second-order valence-electron chi connectivity index (χ2n) is 6.79. The molecule has 11 nitrogen and oxygen atoms in total. The number of alkyl halides is 6. The lowest BCUT2D eigenvalue weighted by Gasteiger charge is -2.30. The highest BCUT2D eigenvalue weighted by Gasteiger charge is 2.49. The van der Waals surface area contributed by atoms with E-state index in [1.807, 2.05) is 0 Å². The molecule has 0 spiro atoms. The minimum Gasteiger partial charge on any atom is -0.475 e. The molecule has 1 aromatic carbocycles. The van der Waals surface area contributed by atoms with Gasteiger partial charge >= 0.3 is 24.7 Å². The number of rotatable bonds is 9. The lowest BCUT2D eigenvalue weighted by molar-refractivity contribution is -0.757. The number of esters is 1. The number of nitrogens with zero attached hydrogens (tertiary/aromatic N) is 1. The fraction of sp³-hybridized carbons (Fsp3) is 0.474. The topological polar surface area (TPSA) is 133 Å². The van der Waals surface area contributed by atoms with E-state index in [0.717, 1.165) is 19.1 Å². The summed E-state index contributed by atoms with van der Waals surface area (Å²) in [5.74, 6) is -2.83. The van der Waals surface area contributed by atoms with Gasteiger partial charge in [-0.1, -0.05) is 6.92 Å². The summed E-state index contributed by atoms with van der Waals surface area (Å²) in [5, 5.41) is 8.83. The first-order valence-electron chi connectivity index (χ1n) is 9.80. The number of benzene rings is 1. The summed E-state index contributed by atoms with van der Waals surface area (Å²) in [6.45, 7) is 1.12. The average Bonchev–Trinajstić information content (AvgIpc) is 2.73. The number of hydrogen-bond acceptors (Lipinski definition) is 10. The number of hydrogen-bond donors (Lipinski definition) is 0. The zero-order valence-electron chi connectivity index (χ0n) is 18.3. The number of carbonyl (C=O) groups excluding carboxylic acids is 2. The summed E-state index contributed by atoms with van der Waals surface area (Å²) in [6.07, 6.45) is -15.8. The lowest BCUT2D eigenvalue weighted by atomic mass is 9.97. The summed E-state index contributed by atoms with van der Waals surface area (Å²) in [5.41, 5.74) is -1.52. The van der Waals surface area contributed by atoms with Crippen molar-refractivity contribution in [3.8, 4) is 11.5 Å². The molecule has 0 radical (unpaired) electrons. The predicted octanol–water partition coefficient (Wildman–Crippen LogP) is 4.11. The van der Waals surface area contributed by atoms with Gasteiger partial charge in [0.1, 0.15) is 24.7 Å². The van der Waals surface area contributed by atoms with Gasteiger partial charge in [0.2, 0.25) is 12.4 Å². The third-order valence-corrected chi connectivity index (χ3v) is 4.18. The maximum absolute atomic E-state index is 13.6. The first kappa shape index (κ1) is 28.3. The number of halogens is 6. The Morgan fingerprint density at radius 2 is 1.81 bits per heavy atom. The molecule has 0 saturated heterocycles. The SMILES string of the molecule is CCc1cc(OC(F)(F)F)cc2c1O[C@H](C(F)(F)F)C(C(=O)OC(C)OC(=O)OCCO[N+](=O)[O-])=C2. The molecule has 0 N–H and O–H groups in total. The largest absolute Gasteiger partial charge is 0.573 e. The van der Waals surface area contributed by atoms with Crippen molar-refractivity contribution in [1.29, 1.82) is 0 Å². The molecule has 0 aromatic heterocycles. The predicted molar refractivity (Wildman–Crippen MR) is 102 cm³/mol. The van der Waals surface area contributed by atoms with Crippen molar-refractivity contribution in [2.45, 2.75) is 45.2 Å². The van der Waals surface area contributed by atoms with E-state index in [1.165, 1.54) is 6.92 Å². The molecule has 0 saturated carbocycles. The molecule has 0 amide bonds. The summed E-state index contributed by atoms with van der Waals surface area (Å²) >= 11 is 0. The van der Waals surface area contributed by atoms with Gasteiger partial charge in [-0.2, -0.15) is 13.2 Å². The van der Waals surface area contributed by atoms with Crippen LogP contribution in [0.5, 0.6) is 11.5 Å². The lowest BCUT2D eigenvalue weighted by Crippen LogP contribution is -2.41. The van der Waals surface area contributed by atoms with Gasteiger partial charge in [-0.05, 0) is 30.2 Å². The van der Waals surface area contributed by atoms with Crippen LogP contribution in [0.15, 0.2) is 17.7 Å². The van der Waals surface area contributed by atoms with Crippen molar-refractivity contribution < 1.29 is 69.5 Å². The van der Waals surface area contributed by atoms with Crippen LogP contribution in [-0.4, -0.2) is 55.4 Å². The number of ether oxygens (including phenoxy) is 5. The molecule has 2 rings (SSSR count). The monoisotopic (exact) mass is 533 g/mol. The van der Waals surface area contributed by atoms with Crippen LogP contribution in [0, 0.1) is 10.1 Å². The Bertz CT molecular complexity index is 1020. The van der Waals surface area contributed by atoms with Crippen molar-refractivity contribution in [3.63, 3.8) is 0 Å². The smallest absolute Gasteiger partial charge is 0.475 e. The van der Waals surface area contributed by atoms with Crippen LogP contribution < -0.4 is 9.47 Å². The highest BCUT2D eigenvalue weighted by molar-refractivity contribution is 5.96. The zero-order chi connectivity index (χ0) is 27.3. The summed E-state index contributed by atoms with van der Waals surface area (Å²) < 4.78 is 101. The minimum absolute atomic E-state index is 0.0325. The standard InChI is InChI=1S/C19H17F6NO10/c1-3-10-6-12(36-19(23,24)25)7-11-8-13(15(18(20,21)22)35-14(10)11)16(27)33-9(2)34-17(28)31-4-5-32-26(29)30/h6-9,15H,3-5H2,1-2H3/t9?,15-/m0/s1. The van der Waals surface area contributed by atoms with E-state index in [9.17, 15) is 46.0 Å². The van der Waals surface area contributed by atoms with Gasteiger partial charge < -0.3 is 28.5 Å². The molecule has 0 bridgehead atoms. The second kappa shape index (κ2) is 11.2. The van der Waals surface area contributed by atoms with E-state index >= 15 is 0 Å². The van der Waals surface area contributed by atoms with Crippen LogP contribution in [0.3, 0.4) is 0 Å². The van der Waals surface area contributed by atoms with Gasteiger partial charge in [0.25, 0.3) is 5.09 Å². The molecule has 1 aliphatic rings. The Balaban J connectivity index is 2.24. The second-order valence-corrected chi connectivity index (χ2v) is 6.79. The van der Waals surface area contributed by atoms with Crippen LogP contribution >= 0.6 is 0 Å². The van der Waals surface area contributed by atoms with Crippen LogP contribution in [0.1, 0.15) is 25.0 Å². The highest BCUT2D eigenvalue weighted by Crippen LogP contribution is 2.42. The normalized spacial score (nSPS) is 16.0. The average molecular weight is 533 g/mol. The fourth-order valence-electron chi connectivity index (χ4n) is 2.87. The van der Waals surface area contributed by atoms with Crippen LogP contribution in [0.2, 0.25) is 0 Å². The summed E-state index contributed by atoms with van der Waals surface area (Å²) in [4.78, 5) is 37.8. The molecule has 1 aliphatic heterocycles. The molecular formula is C19H17F6NO10. The van der Waals surface area contributed by atoms with E-state index in [-0.39, 0.29) is 17.5 Å². The maximum atomic E-state index is 13.6. The Kier molecular flexibility index (Phi) is 8.82. The van der Waals surface area contributed by atoms with Crippen molar-refractivity contribution in [3.05, 3.63) is 38.9 Å². The molecule has 2 atom stereocenters. The third-order valence-electron chi connectivity index (χ3n) is 4.18. The molecule has 200 valence electrons. The van der Waals surface area contributed by atoms with Gasteiger partial charge in [0, 0.05) is 12.5 Å². The molecule has 36 heavy (non-hydrogen) atoms. The number of carbonyl (C=O) groups is 2. The van der Waals surface area contributed by atoms with Gasteiger partial charge in [-0.15, -0.1) is 23.3 Å². The van der Waals surface area contributed by atoms with Crippen molar-refractivity contribution in [2.75, 3.05) is 13.2 Å². The number of fused-ring (bicyclic) bond motifs is 1. The van der Waals surface area contributed by atoms with E-state index in [2.05, 4.69) is 23.8 Å². The Morgan fingerprint density at radius 3 is 2.36 bits per heavy atom. The van der Waals surface area contributed by atoms with Gasteiger partial charge in [-0.25, -0.2) is 9.59 Å². The van der Waals surface area contributed by atoms with Gasteiger partial charge in [-0.3, -0.25) is 0 Å².